The minimum Gasteiger partial charge on any atom is -0.380 e. The molecule has 17 heavy (non-hydrogen) atoms. The molecule has 1 aromatic heterocycles. The molecule has 0 atom stereocenters. The van der Waals surface area contributed by atoms with E-state index in [-0.39, 0.29) is 0 Å². The molecule has 4 heteroatoms. The number of aromatic nitrogens is 1. The fraction of sp³-hybridized carbons (Fsp3) is 0.0769. The highest BCUT2D eigenvalue weighted by atomic mass is 19.1. The van der Waals surface area contributed by atoms with E-state index in [1.54, 1.807) is 12.1 Å². The molecule has 0 radical (unpaired) electrons. The number of halogens is 1. The van der Waals surface area contributed by atoms with Crippen molar-refractivity contribution in [2.45, 2.75) is 6.54 Å². The Labute approximate surface area is 98.5 Å². The van der Waals surface area contributed by atoms with Crippen LogP contribution in [0.4, 0.5) is 10.1 Å². The molecule has 0 unspecified atom stereocenters. The zero-order valence-electron chi connectivity index (χ0n) is 9.02. The first-order chi connectivity index (χ1) is 8.28. The van der Waals surface area contributed by atoms with E-state index in [1.807, 2.05) is 18.2 Å². The van der Waals surface area contributed by atoms with Gasteiger partial charge in [0.15, 0.2) is 0 Å². The molecule has 0 aliphatic carbocycles. The second-order valence-electron chi connectivity index (χ2n) is 3.54. The van der Waals surface area contributed by atoms with Crippen LogP contribution in [0.15, 0.2) is 42.6 Å². The number of nitrogens with one attached hydrogen (secondary N) is 1. The van der Waals surface area contributed by atoms with Gasteiger partial charge in [-0.2, -0.15) is 9.65 Å². The van der Waals surface area contributed by atoms with Crippen molar-refractivity contribution in [3.63, 3.8) is 0 Å². The highest BCUT2D eigenvalue weighted by Crippen LogP contribution is 2.09. The van der Waals surface area contributed by atoms with Gasteiger partial charge in [0.05, 0.1) is 23.5 Å². The smallest absolute Gasteiger partial charge is 0.212 e. The summed E-state index contributed by atoms with van der Waals surface area (Å²) in [7, 11) is 0. The Balaban J connectivity index is 2.02. The molecule has 0 aliphatic heterocycles. The summed E-state index contributed by atoms with van der Waals surface area (Å²) in [5.74, 6) is -0.498. The molecular formula is C13H10FN3. The number of anilines is 1. The second kappa shape index (κ2) is 5.08. The number of hydrogen-bond acceptors (Lipinski definition) is 3. The third kappa shape index (κ3) is 3.02. The monoisotopic (exact) mass is 227 g/mol. The van der Waals surface area contributed by atoms with Gasteiger partial charge in [-0.1, -0.05) is 12.1 Å². The summed E-state index contributed by atoms with van der Waals surface area (Å²) in [6, 6.07) is 12.3. The van der Waals surface area contributed by atoms with Crippen LogP contribution in [0, 0.1) is 17.3 Å². The molecule has 1 aromatic carbocycles. The molecule has 0 spiro atoms. The average Bonchev–Trinajstić information content (AvgIpc) is 2.38. The number of pyridine rings is 1. The Bertz CT molecular complexity index is 543. The van der Waals surface area contributed by atoms with Crippen LogP contribution < -0.4 is 5.32 Å². The summed E-state index contributed by atoms with van der Waals surface area (Å²) >= 11 is 0. The molecule has 0 aliphatic rings. The van der Waals surface area contributed by atoms with Gasteiger partial charge in [-0.3, -0.25) is 0 Å². The molecule has 3 nitrogen and oxygen atoms in total. The first-order valence-electron chi connectivity index (χ1n) is 5.12. The van der Waals surface area contributed by atoms with E-state index in [0.29, 0.717) is 12.1 Å². The van der Waals surface area contributed by atoms with Crippen LogP contribution in [0.25, 0.3) is 0 Å². The van der Waals surface area contributed by atoms with Crippen LogP contribution in [-0.4, -0.2) is 4.98 Å². The molecule has 0 saturated heterocycles. The van der Waals surface area contributed by atoms with Gasteiger partial charge in [-0.25, -0.2) is 4.98 Å². The minimum absolute atomic E-state index is 0.498. The molecule has 0 bridgehead atoms. The first-order valence-corrected chi connectivity index (χ1v) is 5.12. The van der Waals surface area contributed by atoms with Gasteiger partial charge in [0.2, 0.25) is 5.95 Å². The summed E-state index contributed by atoms with van der Waals surface area (Å²) in [6.07, 6.45) is 1.43. The summed E-state index contributed by atoms with van der Waals surface area (Å²) in [5.41, 5.74) is 2.36. The molecule has 84 valence electrons. The highest BCUT2D eigenvalue weighted by molar-refractivity contribution is 5.41. The SMILES string of the molecule is N#Cc1cccc(CNc2ccc(F)nc2)c1. The average molecular weight is 227 g/mol. The first kappa shape index (κ1) is 11.1. The predicted octanol–water partition coefficient (Wildman–Crippen LogP) is 2.70. The Morgan fingerprint density at radius 2 is 2.18 bits per heavy atom. The van der Waals surface area contributed by atoms with E-state index in [9.17, 15) is 4.39 Å². The Kier molecular flexibility index (Phi) is 3.31. The van der Waals surface area contributed by atoms with Crippen molar-refractivity contribution in [3.05, 3.63) is 59.7 Å². The Morgan fingerprint density at radius 3 is 2.88 bits per heavy atom. The standard InChI is InChI=1S/C13H10FN3/c14-13-5-4-12(9-17-13)16-8-11-3-1-2-10(6-11)7-15/h1-6,9,16H,8H2. The van der Waals surface area contributed by atoms with Crippen LogP contribution in [0.5, 0.6) is 0 Å². The summed E-state index contributed by atoms with van der Waals surface area (Å²) in [4.78, 5) is 3.54. The number of rotatable bonds is 3. The normalized spacial score (nSPS) is 9.65. The topological polar surface area (TPSA) is 48.7 Å². The third-order valence-electron chi connectivity index (χ3n) is 2.28. The molecule has 2 aromatic rings. The molecule has 0 saturated carbocycles. The zero-order valence-corrected chi connectivity index (χ0v) is 9.02. The maximum atomic E-state index is 12.6. The van der Waals surface area contributed by atoms with Gasteiger partial charge < -0.3 is 5.32 Å². The Hall–Kier alpha value is -2.41. The van der Waals surface area contributed by atoms with Gasteiger partial charge >= 0.3 is 0 Å². The van der Waals surface area contributed by atoms with Crippen LogP contribution >= 0.6 is 0 Å². The summed E-state index contributed by atoms with van der Waals surface area (Å²) in [6.45, 7) is 0.572. The molecule has 0 fully saturated rings. The lowest BCUT2D eigenvalue weighted by molar-refractivity contribution is 0.584. The van der Waals surface area contributed by atoms with Crippen LogP contribution in [0.3, 0.4) is 0 Å². The number of nitrogens with zero attached hydrogens (tertiary/aromatic N) is 2. The fourth-order valence-electron chi connectivity index (χ4n) is 1.44. The van der Waals surface area contributed by atoms with Crippen molar-refractivity contribution in [2.24, 2.45) is 0 Å². The van der Waals surface area contributed by atoms with Gasteiger partial charge in [0, 0.05) is 6.54 Å². The van der Waals surface area contributed by atoms with Crippen molar-refractivity contribution < 1.29 is 4.39 Å². The van der Waals surface area contributed by atoms with Crippen molar-refractivity contribution in [2.75, 3.05) is 5.32 Å². The van der Waals surface area contributed by atoms with Crippen LogP contribution in [0.1, 0.15) is 11.1 Å². The van der Waals surface area contributed by atoms with Crippen molar-refractivity contribution in [1.29, 1.82) is 5.26 Å². The van der Waals surface area contributed by atoms with E-state index < -0.39 is 5.95 Å². The number of nitriles is 1. The van der Waals surface area contributed by atoms with Gasteiger partial charge in [-0.05, 0) is 29.8 Å². The number of benzene rings is 1. The van der Waals surface area contributed by atoms with Crippen molar-refractivity contribution >= 4 is 5.69 Å². The molecule has 0 amide bonds. The van der Waals surface area contributed by atoms with E-state index >= 15 is 0 Å². The van der Waals surface area contributed by atoms with E-state index in [0.717, 1.165) is 11.3 Å². The largest absolute Gasteiger partial charge is 0.380 e. The minimum atomic E-state index is -0.498. The van der Waals surface area contributed by atoms with E-state index in [1.165, 1.54) is 12.3 Å². The lowest BCUT2D eigenvalue weighted by Crippen LogP contribution is -2.00. The Morgan fingerprint density at radius 1 is 1.29 bits per heavy atom. The fourth-order valence-corrected chi connectivity index (χ4v) is 1.44. The van der Waals surface area contributed by atoms with Crippen molar-refractivity contribution in [3.8, 4) is 6.07 Å². The van der Waals surface area contributed by atoms with Crippen LogP contribution in [-0.2, 0) is 6.54 Å². The molecule has 1 N–H and O–H groups in total. The zero-order chi connectivity index (χ0) is 12.1. The van der Waals surface area contributed by atoms with Gasteiger partial charge in [0.25, 0.3) is 0 Å². The summed E-state index contributed by atoms with van der Waals surface area (Å²) in [5, 5.41) is 11.9. The predicted molar refractivity (Wildman–Crippen MR) is 62.7 cm³/mol. The maximum absolute atomic E-state index is 12.6. The molecule has 2 rings (SSSR count). The van der Waals surface area contributed by atoms with Crippen molar-refractivity contribution in [1.82, 2.24) is 4.98 Å². The lowest BCUT2D eigenvalue weighted by atomic mass is 10.1. The third-order valence-corrected chi connectivity index (χ3v) is 2.28. The second-order valence-corrected chi connectivity index (χ2v) is 3.54. The van der Waals surface area contributed by atoms with Gasteiger partial charge in [-0.15, -0.1) is 0 Å². The van der Waals surface area contributed by atoms with Gasteiger partial charge in [0.1, 0.15) is 0 Å². The molecular weight excluding hydrogens is 217 g/mol. The van der Waals surface area contributed by atoms with Crippen LogP contribution in [0.2, 0.25) is 0 Å². The lowest BCUT2D eigenvalue weighted by Gasteiger charge is -2.05. The summed E-state index contributed by atoms with van der Waals surface area (Å²) < 4.78 is 12.6. The quantitative estimate of drug-likeness (QED) is 0.820. The molecule has 1 heterocycles. The maximum Gasteiger partial charge on any atom is 0.212 e. The van der Waals surface area contributed by atoms with E-state index in [2.05, 4.69) is 16.4 Å². The highest BCUT2D eigenvalue weighted by Gasteiger charge is 1.97. The number of hydrogen-bond donors (Lipinski definition) is 1. The van der Waals surface area contributed by atoms with E-state index in [4.69, 9.17) is 5.26 Å².